The van der Waals surface area contributed by atoms with Gasteiger partial charge in [0.2, 0.25) is 0 Å². The number of nitrogens with one attached hydrogen (secondary N) is 2. The average molecular weight is 399 g/mol. The molecule has 3 N–H and O–H groups in total. The van der Waals surface area contributed by atoms with Crippen LogP contribution in [0.4, 0.5) is 10.5 Å². The summed E-state index contributed by atoms with van der Waals surface area (Å²) < 4.78 is 5.62. The predicted octanol–water partition coefficient (Wildman–Crippen LogP) is 3.94. The standard InChI is InChI=1S/C19H15ClN4O4/c20-17-15(2-1-8-22-17)24-19(27)23-11-12-3-5-13(6-4-12)28-14-7-9-21-16(10-14)18(25)26/h1-10H,11H2,(H,25,26)(H2,23,24,27). The molecule has 0 unspecified atom stereocenters. The molecule has 0 fully saturated rings. The maximum atomic E-state index is 11.9. The smallest absolute Gasteiger partial charge is 0.354 e. The fraction of sp³-hybridized carbons (Fsp3) is 0.0526. The number of carbonyl (C=O) groups is 2. The Hall–Kier alpha value is -3.65. The third-order valence-electron chi connectivity index (χ3n) is 3.57. The highest BCUT2D eigenvalue weighted by molar-refractivity contribution is 6.32. The Bertz CT molecular complexity index is 995. The van der Waals surface area contributed by atoms with Crippen molar-refractivity contribution in [1.82, 2.24) is 15.3 Å². The molecule has 1 aromatic carbocycles. The number of rotatable bonds is 6. The molecule has 0 saturated heterocycles. The number of anilines is 1. The Labute approximate surface area is 165 Å². The van der Waals surface area contributed by atoms with E-state index in [0.29, 0.717) is 23.7 Å². The number of carboxylic acids is 1. The molecule has 0 aliphatic heterocycles. The Kier molecular flexibility index (Phi) is 6.03. The number of aromatic nitrogens is 2. The van der Waals surface area contributed by atoms with Gasteiger partial charge in [-0.1, -0.05) is 23.7 Å². The fourth-order valence-electron chi connectivity index (χ4n) is 2.23. The van der Waals surface area contributed by atoms with Crippen molar-refractivity contribution < 1.29 is 19.4 Å². The van der Waals surface area contributed by atoms with Crippen LogP contribution in [0.25, 0.3) is 0 Å². The van der Waals surface area contributed by atoms with Gasteiger partial charge in [-0.05, 0) is 35.9 Å². The Balaban J connectivity index is 1.54. The minimum atomic E-state index is -1.13. The van der Waals surface area contributed by atoms with Gasteiger partial charge < -0.3 is 20.5 Å². The largest absolute Gasteiger partial charge is 0.477 e. The number of carboxylic acid groups (broad SMARTS) is 1. The first-order chi connectivity index (χ1) is 13.5. The van der Waals surface area contributed by atoms with Gasteiger partial charge in [0.25, 0.3) is 0 Å². The molecular formula is C19H15ClN4O4. The van der Waals surface area contributed by atoms with Crippen molar-refractivity contribution in [2.45, 2.75) is 6.54 Å². The number of carbonyl (C=O) groups excluding carboxylic acids is 1. The van der Waals surface area contributed by atoms with E-state index in [0.717, 1.165) is 5.56 Å². The zero-order chi connectivity index (χ0) is 19.9. The maximum Gasteiger partial charge on any atom is 0.354 e. The molecule has 0 saturated carbocycles. The van der Waals surface area contributed by atoms with Crippen LogP contribution >= 0.6 is 11.6 Å². The van der Waals surface area contributed by atoms with Crippen LogP contribution in [0, 0.1) is 0 Å². The first-order valence-corrected chi connectivity index (χ1v) is 8.50. The number of nitrogens with zero attached hydrogens (tertiary/aromatic N) is 2. The van der Waals surface area contributed by atoms with Gasteiger partial charge in [-0.25, -0.2) is 19.6 Å². The number of amides is 2. The molecule has 142 valence electrons. The molecule has 8 nitrogen and oxygen atoms in total. The number of halogens is 1. The molecule has 0 bridgehead atoms. The lowest BCUT2D eigenvalue weighted by atomic mass is 10.2. The van der Waals surface area contributed by atoms with E-state index in [2.05, 4.69) is 20.6 Å². The van der Waals surface area contributed by atoms with Crippen LogP contribution in [0.1, 0.15) is 16.1 Å². The number of ether oxygens (including phenoxy) is 1. The van der Waals surface area contributed by atoms with Crippen LogP contribution in [-0.4, -0.2) is 27.1 Å². The number of hydrogen-bond acceptors (Lipinski definition) is 5. The molecule has 3 aromatic rings. The molecule has 2 aromatic heterocycles. The Morgan fingerprint density at radius 1 is 1.04 bits per heavy atom. The molecule has 0 aliphatic carbocycles. The second-order valence-electron chi connectivity index (χ2n) is 5.58. The van der Waals surface area contributed by atoms with Gasteiger partial charge >= 0.3 is 12.0 Å². The van der Waals surface area contributed by atoms with Crippen LogP contribution in [0.2, 0.25) is 5.15 Å². The van der Waals surface area contributed by atoms with Crippen LogP contribution in [0.5, 0.6) is 11.5 Å². The van der Waals surface area contributed by atoms with Crippen LogP contribution < -0.4 is 15.4 Å². The number of hydrogen-bond donors (Lipinski definition) is 3. The third-order valence-corrected chi connectivity index (χ3v) is 3.87. The maximum absolute atomic E-state index is 11.9. The summed E-state index contributed by atoms with van der Waals surface area (Å²) in [4.78, 5) is 30.5. The molecule has 2 amide bonds. The van der Waals surface area contributed by atoms with Gasteiger partial charge in [-0.3, -0.25) is 0 Å². The Morgan fingerprint density at radius 2 is 1.82 bits per heavy atom. The third kappa shape index (κ3) is 5.18. The quantitative estimate of drug-likeness (QED) is 0.542. The van der Waals surface area contributed by atoms with Crippen molar-refractivity contribution >= 4 is 29.3 Å². The van der Waals surface area contributed by atoms with Crippen LogP contribution in [0.15, 0.2) is 60.9 Å². The minimum absolute atomic E-state index is 0.0990. The van der Waals surface area contributed by atoms with E-state index in [-0.39, 0.29) is 10.8 Å². The highest BCUT2D eigenvalue weighted by Crippen LogP contribution is 2.22. The van der Waals surface area contributed by atoms with E-state index in [4.69, 9.17) is 21.4 Å². The van der Waals surface area contributed by atoms with Gasteiger partial charge in [-0.2, -0.15) is 0 Å². The summed E-state index contributed by atoms with van der Waals surface area (Å²) in [7, 11) is 0. The first kappa shape index (κ1) is 19.1. The second-order valence-corrected chi connectivity index (χ2v) is 5.94. The first-order valence-electron chi connectivity index (χ1n) is 8.13. The van der Waals surface area contributed by atoms with Crippen molar-refractivity contribution in [3.8, 4) is 11.5 Å². The van der Waals surface area contributed by atoms with Crippen molar-refractivity contribution in [1.29, 1.82) is 0 Å². The average Bonchev–Trinajstić information content (AvgIpc) is 2.69. The lowest BCUT2D eigenvalue weighted by molar-refractivity contribution is 0.0690. The summed E-state index contributed by atoms with van der Waals surface area (Å²) in [6, 6.07) is 12.8. The molecule has 3 rings (SSSR count). The monoisotopic (exact) mass is 398 g/mol. The zero-order valence-electron chi connectivity index (χ0n) is 14.4. The number of benzene rings is 1. The van der Waals surface area contributed by atoms with E-state index in [1.165, 1.54) is 18.5 Å². The zero-order valence-corrected chi connectivity index (χ0v) is 15.2. The SMILES string of the molecule is O=C(NCc1ccc(Oc2ccnc(C(=O)O)c2)cc1)Nc1cccnc1Cl. The van der Waals surface area contributed by atoms with Crippen LogP contribution in [0.3, 0.4) is 0 Å². The summed E-state index contributed by atoms with van der Waals surface area (Å²) in [5.41, 5.74) is 1.17. The molecule has 0 atom stereocenters. The van der Waals surface area contributed by atoms with Crippen molar-refractivity contribution in [2.24, 2.45) is 0 Å². The van der Waals surface area contributed by atoms with Crippen molar-refractivity contribution in [2.75, 3.05) is 5.32 Å². The topological polar surface area (TPSA) is 113 Å². The van der Waals surface area contributed by atoms with Gasteiger partial charge in [0, 0.05) is 25.0 Å². The molecule has 0 spiro atoms. The van der Waals surface area contributed by atoms with Crippen molar-refractivity contribution in [3.05, 3.63) is 77.3 Å². The highest BCUT2D eigenvalue weighted by atomic mass is 35.5. The van der Waals surface area contributed by atoms with E-state index >= 15 is 0 Å². The number of pyridine rings is 2. The molecule has 2 heterocycles. The van der Waals surface area contributed by atoms with Crippen LogP contribution in [-0.2, 0) is 6.54 Å². The van der Waals surface area contributed by atoms with E-state index in [9.17, 15) is 9.59 Å². The second kappa shape index (κ2) is 8.83. The molecule has 28 heavy (non-hydrogen) atoms. The normalized spacial score (nSPS) is 10.2. The summed E-state index contributed by atoms with van der Waals surface area (Å²) in [6.07, 6.45) is 2.90. The highest BCUT2D eigenvalue weighted by Gasteiger charge is 2.07. The molecule has 0 aliphatic rings. The van der Waals surface area contributed by atoms with E-state index < -0.39 is 12.0 Å². The van der Waals surface area contributed by atoms with Gasteiger partial charge in [0.05, 0.1) is 5.69 Å². The summed E-state index contributed by atoms with van der Waals surface area (Å²) >= 11 is 5.89. The lowest BCUT2D eigenvalue weighted by Crippen LogP contribution is -2.28. The van der Waals surface area contributed by atoms with Gasteiger partial charge in [0.1, 0.15) is 11.5 Å². The lowest BCUT2D eigenvalue weighted by Gasteiger charge is -2.09. The van der Waals surface area contributed by atoms with Gasteiger partial charge in [-0.15, -0.1) is 0 Å². The fourth-order valence-corrected chi connectivity index (χ4v) is 2.40. The minimum Gasteiger partial charge on any atom is -0.477 e. The summed E-state index contributed by atoms with van der Waals surface area (Å²) in [5.74, 6) is -0.235. The molecule has 9 heteroatoms. The van der Waals surface area contributed by atoms with E-state index in [1.54, 1.807) is 42.5 Å². The summed E-state index contributed by atoms with van der Waals surface area (Å²) in [6.45, 7) is 0.294. The number of aromatic carboxylic acids is 1. The summed E-state index contributed by atoms with van der Waals surface area (Å²) in [5, 5.41) is 14.5. The molecular weight excluding hydrogens is 384 g/mol. The van der Waals surface area contributed by atoms with Crippen molar-refractivity contribution in [3.63, 3.8) is 0 Å². The van der Waals surface area contributed by atoms with E-state index in [1.807, 2.05) is 0 Å². The van der Waals surface area contributed by atoms with Gasteiger partial charge in [0.15, 0.2) is 10.8 Å². The Morgan fingerprint density at radius 3 is 2.54 bits per heavy atom. The predicted molar refractivity (Wildman–Crippen MR) is 103 cm³/mol. The molecule has 0 radical (unpaired) electrons. The number of urea groups is 1.